The number of nitrogens with zero attached hydrogens (tertiary/aromatic N) is 2. The van der Waals surface area contributed by atoms with Crippen molar-refractivity contribution in [2.45, 2.75) is 5.22 Å². The number of hydrogen-bond acceptors (Lipinski definition) is 6. The number of methoxy groups -OCH3 is 1. The van der Waals surface area contributed by atoms with Gasteiger partial charge in [0.1, 0.15) is 5.75 Å². The second kappa shape index (κ2) is 8.17. The third kappa shape index (κ3) is 4.61. The molecule has 0 bridgehead atoms. The lowest BCUT2D eigenvalue weighted by Gasteiger charge is -2.08. The largest absolute Gasteiger partial charge is 0.495 e. The van der Waals surface area contributed by atoms with Crippen molar-refractivity contribution in [1.29, 1.82) is 0 Å². The summed E-state index contributed by atoms with van der Waals surface area (Å²) in [5, 5.41) is 11.1. The first-order valence-electron chi connectivity index (χ1n) is 7.31. The van der Waals surface area contributed by atoms with Crippen molar-refractivity contribution in [2.75, 3.05) is 18.2 Å². The molecular formula is C17H14BrN3O3S. The Labute approximate surface area is 157 Å². The van der Waals surface area contributed by atoms with Gasteiger partial charge >= 0.3 is 0 Å². The standard InChI is InChI=1S/C17H14BrN3O3S/c1-23-14-8-3-2-7-13(14)19-15(22)10-25-17-21-20-16(24-17)11-5-4-6-12(18)9-11/h2-9H,10H2,1H3,(H,19,22). The van der Waals surface area contributed by atoms with Crippen molar-refractivity contribution in [3.63, 3.8) is 0 Å². The zero-order valence-electron chi connectivity index (χ0n) is 13.2. The van der Waals surface area contributed by atoms with Crippen LogP contribution in [0.4, 0.5) is 5.69 Å². The molecule has 128 valence electrons. The lowest BCUT2D eigenvalue weighted by atomic mass is 10.2. The maximum Gasteiger partial charge on any atom is 0.277 e. The van der Waals surface area contributed by atoms with Crippen LogP contribution in [0.1, 0.15) is 0 Å². The summed E-state index contributed by atoms with van der Waals surface area (Å²) in [5.41, 5.74) is 1.43. The van der Waals surface area contributed by atoms with Gasteiger partial charge in [0.25, 0.3) is 5.22 Å². The molecule has 0 saturated heterocycles. The van der Waals surface area contributed by atoms with Gasteiger partial charge in [-0.2, -0.15) is 0 Å². The van der Waals surface area contributed by atoms with Gasteiger partial charge in [-0.3, -0.25) is 4.79 Å². The molecule has 0 atom stereocenters. The van der Waals surface area contributed by atoms with Gasteiger partial charge in [-0.1, -0.05) is 45.9 Å². The monoisotopic (exact) mass is 419 g/mol. The van der Waals surface area contributed by atoms with E-state index >= 15 is 0 Å². The number of carbonyl (C=O) groups excluding carboxylic acids is 1. The Morgan fingerprint density at radius 3 is 2.88 bits per heavy atom. The minimum absolute atomic E-state index is 0.151. The molecule has 0 fully saturated rings. The molecule has 6 nitrogen and oxygen atoms in total. The number of aromatic nitrogens is 2. The van der Waals surface area contributed by atoms with Gasteiger partial charge in [0.05, 0.1) is 18.6 Å². The molecule has 1 N–H and O–H groups in total. The van der Waals surface area contributed by atoms with Gasteiger partial charge in [0.15, 0.2) is 0 Å². The van der Waals surface area contributed by atoms with E-state index in [-0.39, 0.29) is 11.7 Å². The number of halogens is 1. The van der Waals surface area contributed by atoms with Crippen molar-refractivity contribution in [3.8, 4) is 17.2 Å². The summed E-state index contributed by atoms with van der Waals surface area (Å²) in [7, 11) is 1.56. The summed E-state index contributed by atoms with van der Waals surface area (Å²) in [6.45, 7) is 0. The molecule has 0 radical (unpaired) electrons. The van der Waals surface area contributed by atoms with Crippen LogP contribution in [0.25, 0.3) is 11.5 Å². The van der Waals surface area contributed by atoms with Gasteiger partial charge < -0.3 is 14.5 Å². The van der Waals surface area contributed by atoms with Crippen LogP contribution in [0.15, 0.2) is 62.6 Å². The molecule has 1 aromatic heterocycles. The summed E-state index contributed by atoms with van der Waals surface area (Å²) < 4.78 is 11.7. The van der Waals surface area contributed by atoms with E-state index in [2.05, 4.69) is 31.4 Å². The number of amides is 1. The van der Waals surface area contributed by atoms with Crippen molar-refractivity contribution in [2.24, 2.45) is 0 Å². The van der Waals surface area contributed by atoms with E-state index in [0.717, 1.165) is 10.0 Å². The average Bonchev–Trinajstić information content (AvgIpc) is 3.09. The van der Waals surface area contributed by atoms with Crippen LogP contribution in [-0.2, 0) is 4.79 Å². The van der Waals surface area contributed by atoms with Crippen molar-refractivity contribution < 1.29 is 13.9 Å². The fraction of sp³-hybridized carbons (Fsp3) is 0.118. The topological polar surface area (TPSA) is 77.2 Å². The first-order valence-corrected chi connectivity index (χ1v) is 9.08. The van der Waals surface area contributed by atoms with Gasteiger partial charge in [0.2, 0.25) is 11.8 Å². The first kappa shape index (κ1) is 17.5. The molecule has 0 aliphatic carbocycles. The number of para-hydroxylation sites is 2. The second-order valence-electron chi connectivity index (χ2n) is 4.92. The molecule has 3 aromatic rings. The van der Waals surface area contributed by atoms with Crippen molar-refractivity contribution >= 4 is 39.3 Å². The third-order valence-corrected chi connectivity index (χ3v) is 4.50. The molecule has 25 heavy (non-hydrogen) atoms. The van der Waals surface area contributed by atoms with E-state index in [4.69, 9.17) is 9.15 Å². The molecule has 8 heteroatoms. The van der Waals surface area contributed by atoms with E-state index in [0.29, 0.717) is 22.6 Å². The number of thioether (sulfide) groups is 1. The highest BCUT2D eigenvalue weighted by Gasteiger charge is 2.12. The van der Waals surface area contributed by atoms with Crippen LogP contribution in [0, 0.1) is 0 Å². The number of rotatable bonds is 6. The molecule has 0 aliphatic heterocycles. The first-order chi connectivity index (χ1) is 12.2. The highest BCUT2D eigenvalue weighted by atomic mass is 79.9. The quantitative estimate of drug-likeness (QED) is 0.602. The van der Waals surface area contributed by atoms with Gasteiger partial charge in [-0.25, -0.2) is 0 Å². The highest BCUT2D eigenvalue weighted by Crippen LogP contribution is 2.26. The predicted molar refractivity (Wildman–Crippen MR) is 99.8 cm³/mol. The van der Waals surface area contributed by atoms with Crippen molar-refractivity contribution in [1.82, 2.24) is 10.2 Å². The molecule has 0 spiro atoms. The van der Waals surface area contributed by atoms with E-state index in [9.17, 15) is 4.79 Å². The van der Waals surface area contributed by atoms with E-state index in [1.807, 2.05) is 36.4 Å². The Hall–Kier alpha value is -2.32. The number of ether oxygens (including phenoxy) is 1. The highest BCUT2D eigenvalue weighted by molar-refractivity contribution is 9.10. The number of anilines is 1. The maximum absolute atomic E-state index is 12.1. The zero-order chi connectivity index (χ0) is 17.6. The smallest absolute Gasteiger partial charge is 0.277 e. The summed E-state index contributed by atoms with van der Waals surface area (Å²) in [6, 6.07) is 14.8. The SMILES string of the molecule is COc1ccccc1NC(=O)CSc1nnc(-c2cccc(Br)c2)o1. The van der Waals surface area contributed by atoms with Gasteiger partial charge in [-0.15, -0.1) is 10.2 Å². The molecule has 0 aliphatic rings. The van der Waals surface area contributed by atoms with Crippen LogP contribution in [-0.4, -0.2) is 29.0 Å². The summed E-state index contributed by atoms with van der Waals surface area (Å²) in [5.74, 6) is 0.985. The number of benzene rings is 2. The Bertz CT molecular complexity index is 885. The molecule has 2 aromatic carbocycles. The summed E-state index contributed by atoms with van der Waals surface area (Å²) in [4.78, 5) is 12.1. The number of nitrogens with one attached hydrogen (secondary N) is 1. The van der Waals surface area contributed by atoms with Crippen LogP contribution < -0.4 is 10.1 Å². The third-order valence-electron chi connectivity index (χ3n) is 3.19. The fourth-order valence-electron chi connectivity index (χ4n) is 2.07. The second-order valence-corrected chi connectivity index (χ2v) is 6.76. The minimum atomic E-state index is -0.184. The van der Waals surface area contributed by atoms with Crippen LogP contribution >= 0.6 is 27.7 Å². The predicted octanol–water partition coefficient (Wildman–Crippen LogP) is 4.24. The Morgan fingerprint density at radius 2 is 2.08 bits per heavy atom. The molecular weight excluding hydrogens is 406 g/mol. The molecule has 3 rings (SSSR count). The van der Waals surface area contributed by atoms with Gasteiger partial charge in [0, 0.05) is 10.0 Å². The molecule has 0 saturated carbocycles. The number of hydrogen-bond donors (Lipinski definition) is 1. The van der Waals surface area contributed by atoms with E-state index < -0.39 is 0 Å². The number of carbonyl (C=O) groups is 1. The Morgan fingerprint density at radius 1 is 1.24 bits per heavy atom. The van der Waals surface area contributed by atoms with Crippen LogP contribution in [0.5, 0.6) is 5.75 Å². The summed E-state index contributed by atoms with van der Waals surface area (Å²) in [6.07, 6.45) is 0. The Balaban J connectivity index is 1.59. The Kier molecular flexibility index (Phi) is 5.72. The van der Waals surface area contributed by atoms with Crippen LogP contribution in [0.2, 0.25) is 0 Å². The molecule has 1 amide bonds. The normalized spacial score (nSPS) is 10.5. The summed E-state index contributed by atoms with van der Waals surface area (Å²) >= 11 is 4.58. The lowest BCUT2D eigenvalue weighted by Crippen LogP contribution is -2.14. The fourth-order valence-corrected chi connectivity index (χ4v) is 3.03. The van der Waals surface area contributed by atoms with E-state index in [1.54, 1.807) is 19.2 Å². The van der Waals surface area contributed by atoms with Crippen molar-refractivity contribution in [3.05, 3.63) is 53.0 Å². The maximum atomic E-state index is 12.1. The minimum Gasteiger partial charge on any atom is -0.495 e. The zero-order valence-corrected chi connectivity index (χ0v) is 15.6. The average molecular weight is 420 g/mol. The lowest BCUT2D eigenvalue weighted by molar-refractivity contribution is -0.113. The molecule has 1 heterocycles. The van der Waals surface area contributed by atoms with E-state index in [1.165, 1.54) is 11.8 Å². The molecule has 0 unspecified atom stereocenters. The van der Waals surface area contributed by atoms with Gasteiger partial charge in [-0.05, 0) is 30.3 Å². The van der Waals surface area contributed by atoms with Crippen LogP contribution in [0.3, 0.4) is 0 Å².